The molecule has 0 aliphatic rings. The van der Waals surface area contributed by atoms with Crippen LogP contribution in [0.5, 0.6) is 5.88 Å². The van der Waals surface area contributed by atoms with Crippen molar-refractivity contribution in [3.05, 3.63) is 47.9 Å². The minimum Gasteiger partial charge on any atom is -0.481 e. The van der Waals surface area contributed by atoms with Crippen LogP contribution in [0.25, 0.3) is 10.4 Å². The number of rotatable bonds is 7. The number of aromatic nitrogens is 3. The molecule has 0 spiro atoms. The van der Waals surface area contributed by atoms with E-state index in [4.69, 9.17) is 4.74 Å². The van der Waals surface area contributed by atoms with Crippen LogP contribution < -0.4 is 9.46 Å². The number of H-pyrrole nitrogens is 1. The number of ether oxygens (including phenoxy) is 1. The van der Waals surface area contributed by atoms with E-state index in [1.165, 1.54) is 11.3 Å². The van der Waals surface area contributed by atoms with E-state index in [-0.39, 0.29) is 10.3 Å². The van der Waals surface area contributed by atoms with Gasteiger partial charge in [-0.2, -0.15) is 5.10 Å². The van der Waals surface area contributed by atoms with Gasteiger partial charge in [-0.25, -0.2) is 18.1 Å². The molecule has 0 aromatic carbocycles. The fraction of sp³-hybridized carbons (Fsp3) is 0.294. The van der Waals surface area contributed by atoms with E-state index in [0.29, 0.717) is 12.3 Å². The molecule has 3 heterocycles. The maximum atomic E-state index is 12.6. The summed E-state index contributed by atoms with van der Waals surface area (Å²) in [4.78, 5) is 4.98. The lowest BCUT2D eigenvalue weighted by Crippen LogP contribution is -2.33. The lowest BCUT2D eigenvalue weighted by molar-refractivity contribution is 0.398. The molecule has 1 atom stereocenters. The van der Waals surface area contributed by atoms with Crippen LogP contribution in [0, 0.1) is 6.92 Å². The van der Waals surface area contributed by atoms with E-state index in [1.807, 2.05) is 26.0 Å². The average molecular weight is 393 g/mol. The molecule has 0 saturated heterocycles. The summed E-state index contributed by atoms with van der Waals surface area (Å²) in [6.45, 7) is 3.73. The zero-order valence-electron chi connectivity index (χ0n) is 14.7. The molecule has 2 N–H and O–H groups in total. The molecule has 3 aromatic rings. The Hall–Kier alpha value is -2.23. The smallest absolute Gasteiger partial charge is 0.250 e. The van der Waals surface area contributed by atoms with Crippen LogP contribution in [-0.2, 0) is 16.4 Å². The van der Waals surface area contributed by atoms with Crippen molar-refractivity contribution in [3.63, 3.8) is 0 Å². The van der Waals surface area contributed by atoms with Gasteiger partial charge in [0.1, 0.15) is 4.21 Å². The van der Waals surface area contributed by atoms with Crippen molar-refractivity contribution in [2.45, 2.75) is 30.5 Å². The number of hydrogen-bond acceptors (Lipinski definition) is 6. The van der Waals surface area contributed by atoms with Gasteiger partial charge in [0.05, 0.1) is 12.8 Å². The molecule has 1 unspecified atom stereocenters. The summed E-state index contributed by atoms with van der Waals surface area (Å²) in [6, 6.07) is 8.63. The Bertz CT molecular complexity index is 978. The van der Waals surface area contributed by atoms with E-state index in [0.717, 1.165) is 21.8 Å². The number of pyridine rings is 1. The first-order chi connectivity index (χ1) is 12.4. The van der Waals surface area contributed by atoms with Gasteiger partial charge in [-0.05, 0) is 38.1 Å². The molecule has 0 aliphatic carbocycles. The van der Waals surface area contributed by atoms with Crippen molar-refractivity contribution in [2.24, 2.45) is 0 Å². The van der Waals surface area contributed by atoms with Crippen molar-refractivity contribution in [1.29, 1.82) is 0 Å². The number of methoxy groups -OCH3 is 1. The molecule has 0 amide bonds. The molecule has 7 nitrogen and oxygen atoms in total. The van der Waals surface area contributed by atoms with Gasteiger partial charge in [0, 0.05) is 40.9 Å². The van der Waals surface area contributed by atoms with Crippen LogP contribution in [0.2, 0.25) is 0 Å². The van der Waals surface area contributed by atoms with Crippen LogP contribution in [0.1, 0.15) is 18.3 Å². The monoisotopic (exact) mass is 392 g/mol. The number of aromatic amines is 1. The lowest BCUT2D eigenvalue weighted by Gasteiger charge is -2.11. The van der Waals surface area contributed by atoms with Crippen molar-refractivity contribution >= 4 is 21.4 Å². The van der Waals surface area contributed by atoms with Gasteiger partial charge in [0.15, 0.2) is 0 Å². The largest absolute Gasteiger partial charge is 0.481 e. The van der Waals surface area contributed by atoms with Crippen molar-refractivity contribution in [1.82, 2.24) is 19.9 Å². The molecule has 0 radical (unpaired) electrons. The average Bonchev–Trinajstić information content (AvgIpc) is 3.24. The molecule has 0 bridgehead atoms. The van der Waals surface area contributed by atoms with Crippen molar-refractivity contribution in [2.75, 3.05) is 7.11 Å². The minimum atomic E-state index is -3.59. The van der Waals surface area contributed by atoms with E-state index < -0.39 is 10.0 Å². The number of hydrogen-bond donors (Lipinski definition) is 2. The zero-order valence-corrected chi connectivity index (χ0v) is 16.3. The third-order valence-corrected chi connectivity index (χ3v) is 6.92. The summed E-state index contributed by atoms with van der Waals surface area (Å²) in [6.07, 6.45) is 2.18. The number of thiophene rings is 1. The first kappa shape index (κ1) is 18.6. The molecule has 0 aliphatic heterocycles. The second-order valence-corrected chi connectivity index (χ2v) is 9.00. The van der Waals surface area contributed by atoms with Crippen LogP contribution >= 0.6 is 11.3 Å². The second kappa shape index (κ2) is 7.56. The van der Waals surface area contributed by atoms with E-state index >= 15 is 0 Å². The topological polar surface area (TPSA) is 97.0 Å². The van der Waals surface area contributed by atoms with Gasteiger partial charge in [-0.1, -0.05) is 0 Å². The summed E-state index contributed by atoms with van der Waals surface area (Å²) in [5.74, 6) is 0.516. The van der Waals surface area contributed by atoms with E-state index in [2.05, 4.69) is 19.9 Å². The maximum Gasteiger partial charge on any atom is 0.250 e. The Balaban J connectivity index is 1.72. The lowest BCUT2D eigenvalue weighted by atomic mass is 10.2. The highest BCUT2D eigenvalue weighted by atomic mass is 32.2. The second-order valence-electron chi connectivity index (χ2n) is 5.98. The molecule has 3 rings (SSSR count). The predicted molar refractivity (Wildman–Crippen MR) is 101 cm³/mol. The van der Waals surface area contributed by atoms with Gasteiger partial charge in [-0.15, -0.1) is 11.3 Å². The third kappa shape index (κ3) is 4.29. The SMILES string of the molecule is COc1ccc(-c2ccc(S(=O)(=O)NC(C)Cc3cc(C)[nH]n3)s2)cn1. The predicted octanol–water partition coefficient (Wildman–Crippen LogP) is 2.76. The molecular formula is C17H20N4O3S2. The van der Waals surface area contributed by atoms with Crippen LogP contribution in [0.3, 0.4) is 0 Å². The van der Waals surface area contributed by atoms with Gasteiger partial charge in [0.2, 0.25) is 15.9 Å². The van der Waals surface area contributed by atoms with Gasteiger partial charge < -0.3 is 4.74 Å². The molecule has 3 aromatic heterocycles. The molecular weight excluding hydrogens is 372 g/mol. The Kier molecular flexibility index (Phi) is 5.40. The fourth-order valence-electron chi connectivity index (χ4n) is 2.52. The third-order valence-electron chi connectivity index (χ3n) is 3.71. The van der Waals surface area contributed by atoms with E-state index in [9.17, 15) is 8.42 Å². The Morgan fingerprint density at radius 2 is 2.12 bits per heavy atom. The van der Waals surface area contributed by atoms with E-state index in [1.54, 1.807) is 31.5 Å². The zero-order chi connectivity index (χ0) is 18.7. The molecule has 0 saturated carbocycles. The highest BCUT2D eigenvalue weighted by molar-refractivity contribution is 7.91. The normalized spacial score (nSPS) is 12.9. The van der Waals surface area contributed by atoms with Gasteiger partial charge >= 0.3 is 0 Å². The summed E-state index contributed by atoms with van der Waals surface area (Å²) in [5.41, 5.74) is 2.62. The Morgan fingerprint density at radius 1 is 1.31 bits per heavy atom. The number of nitrogens with zero attached hydrogens (tertiary/aromatic N) is 2. The summed E-state index contributed by atoms with van der Waals surface area (Å²) in [5, 5.41) is 7.00. The molecule has 9 heteroatoms. The highest BCUT2D eigenvalue weighted by Crippen LogP contribution is 2.31. The summed E-state index contributed by atoms with van der Waals surface area (Å²) in [7, 11) is -2.04. The standard InChI is InChI=1S/C17H20N4O3S2/c1-11-8-14(20-19-11)9-12(2)21-26(22,23)17-7-5-15(25-17)13-4-6-16(24-3)18-10-13/h4-8,10,12,21H,9H2,1-3H3,(H,19,20). The van der Waals surface area contributed by atoms with Gasteiger partial charge in [-0.3, -0.25) is 5.10 Å². The summed E-state index contributed by atoms with van der Waals surface area (Å²) >= 11 is 1.21. The summed E-state index contributed by atoms with van der Waals surface area (Å²) < 4.78 is 33.3. The Morgan fingerprint density at radius 3 is 2.73 bits per heavy atom. The first-order valence-electron chi connectivity index (χ1n) is 8.01. The van der Waals surface area contributed by atoms with Crippen molar-refractivity contribution in [3.8, 4) is 16.3 Å². The minimum absolute atomic E-state index is 0.268. The number of aryl methyl sites for hydroxylation is 1. The van der Waals surface area contributed by atoms with Crippen molar-refractivity contribution < 1.29 is 13.2 Å². The molecule has 0 fully saturated rings. The highest BCUT2D eigenvalue weighted by Gasteiger charge is 2.20. The number of nitrogens with one attached hydrogen (secondary N) is 2. The van der Waals surface area contributed by atoms with Crippen LogP contribution in [-0.4, -0.2) is 36.8 Å². The first-order valence-corrected chi connectivity index (χ1v) is 10.3. The number of sulfonamides is 1. The quantitative estimate of drug-likeness (QED) is 0.644. The van der Waals surface area contributed by atoms with Crippen LogP contribution in [0.15, 0.2) is 40.7 Å². The fourth-order valence-corrected chi connectivity index (χ4v) is 5.08. The Labute approximate surface area is 156 Å². The van der Waals surface area contributed by atoms with Gasteiger partial charge in [0.25, 0.3) is 0 Å². The molecule has 138 valence electrons. The maximum absolute atomic E-state index is 12.6. The van der Waals surface area contributed by atoms with Crippen LogP contribution in [0.4, 0.5) is 0 Å². The molecule has 26 heavy (non-hydrogen) atoms.